The van der Waals surface area contributed by atoms with Crippen LogP contribution in [0.4, 0.5) is 0 Å². The monoisotopic (exact) mass is 283 g/mol. The van der Waals surface area contributed by atoms with E-state index in [0.29, 0.717) is 21.9 Å². The van der Waals surface area contributed by atoms with Gasteiger partial charge in [-0.15, -0.1) is 0 Å². The van der Waals surface area contributed by atoms with Crippen molar-refractivity contribution in [1.29, 1.82) is 0 Å². The lowest BCUT2D eigenvalue weighted by Gasteiger charge is -2.11. The van der Waals surface area contributed by atoms with Gasteiger partial charge in [0.25, 0.3) is 11.8 Å². The van der Waals surface area contributed by atoms with Crippen LogP contribution in [0.2, 0.25) is 0 Å². The number of carbonyl (C=O) groups excluding carboxylic acids is 2. The molecule has 2 aromatic rings. The minimum Gasteiger partial charge on any atom is -0.478 e. The molecule has 0 saturated carbocycles. The largest absolute Gasteiger partial charge is 0.478 e. The summed E-state index contributed by atoms with van der Waals surface area (Å²) in [5.74, 6) is -1.67. The molecule has 0 fully saturated rings. The zero-order chi connectivity index (χ0) is 15.5. The molecule has 21 heavy (non-hydrogen) atoms. The van der Waals surface area contributed by atoms with Crippen LogP contribution in [0.3, 0.4) is 0 Å². The van der Waals surface area contributed by atoms with Crippen molar-refractivity contribution >= 4 is 28.6 Å². The second-order valence-corrected chi connectivity index (χ2v) is 5.23. The summed E-state index contributed by atoms with van der Waals surface area (Å²) in [5.41, 5.74) is 2.51. The van der Waals surface area contributed by atoms with Gasteiger partial charge in [0.2, 0.25) is 0 Å². The average Bonchev–Trinajstić information content (AvgIpc) is 2.69. The van der Waals surface area contributed by atoms with E-state index in [4.69, 9.17) is 5.11 Å². The van der Waals surface area contributed by atoms with E-state index in [2.05, 4.69) is 0 Å². The summed E-state index contributed by atoms with van der Waals surface area (Å²) in [7, 11) is 1.46. The van der Waals surface area contributed by atoms with Crippen molar-refractivity contribution in [2.24, 2.45) is 0 Å². The maximum absolute atomic E-state index is 12.3. The van der Waals surface area contributed by atoms with Gasteiger partial charge in [0.15, 0.2) is 0 Å². The number of carboxylic acid groups (broad SMARTS) is 1. The van der Waals surface area contributed by atoms with Crippen molar-refractivity contribution in [3.8, 4) is 0 Å². The zero-order valence-electron chi connectivity index (χ0n) is 11.9. The predicted octanol–water partition coefficient (Wildman–Crippen LogP) is 2.38. The smallest absolute Gasteiger partial charge is 0.335 e. The molecule has 1 aliphatic rings. The van der Waals surface area contributed by atoms with Crippen LogP contribution in [-0.2, 0) is 0 Å². The van der Waals surface area contributed by atoms with E-state index in [1.54, 1.807) is 19.1 Å². The zero-order valence-corrected chi connectivity index (χ0v) is 11.9. The minimum absolute atomic E-state index is 0.162. The number of fused-ring (bicyclic) bond motifs is 3. The molecule has 1 aliphatic heterocycles. The Labute approximate surface area is 120 Å². The first-order valence-corrected chi connectivity index (χ1v) is 6.47. The topological polar surface area (TPSA) is 74.7 Å². The molecule has 0 unspecified atom stereocenters. The number of amides is 2. The number of aromatic carboxylic acids is 1. The van der Waals surface area contributed by atoms with E-state index >= 15 is 0 Å². The first kappa shape index (κ1) is 13.3. The van der Waals surface area contributed by atoms with E-state index in [-0.39, 0.29) is 17.4 Å². The van der Waals surface area contributed by atoms with Gasteiger partial charge in [0.1, 0.15) is 0 Å². The van der Waals surface area contributed by atoms with Crippen molar-refractivity contribution < 1.29 is 19.5 Å². The maximum atomic E-state index is 12.3. The van der Waals surface area contributed by atoms with Gasteiger partial charge in [0, 0.05) is 7.05 Å². The summed E-state index contributed by atoms with van der Waals surface area (Å²) in [4.78, 5) is 36.7. The fourth-order valence-corrected chi connectivity index (χ4v) is 2.83. The highest BCUT2D eigenvalue weighted by Crippen LogP contribution is 2.35. The Balaban J connectivity index is 2.48. The molecule has 2 aromatic carbocycles. The Morgan fingerprint density at radius 1 is 1.00 bits per heavy atom. The van der Waals surface area contributed by atoms with E-state index in [9.17, 15) is 14.4 Å². The molecule has 0 spiro atoms. The molecule has 5 heteroatoms. The number of imide groups is 1. The molecule has 0 bridgehead atoms. The summed E-state index contributed by atoms with van der Waals surface area (Å²) in [6, 6.07) is 4.61. The standard InChI is InChI=1S/C16H13NO4/c1-7-8(2)12-13(15(19)17(3)14(12)18)10-5-4-9(16(20)21)6-11(7)10/h4-6H,1-3H3,(H,20,21). The number of aryl methyl sites for hydroxylation is 1. The molecular weight excluding hydrogens is 270 g/mol. The number of carboxylic acids is 1. The van der Waals surface area contributed by atoms with E-state index in [1.165, 1.54) is 13.1 Å². The van der Waals surface area contributed by atoms with Crippen LogP contribution in [0.15, 0.2) is 18.2 Å². The van der Waals surface area contributed by atoms with Crippen molar-refractivity contribution in [2.45, 2.75) is 13.8 Å². The second-order valence-electron chi connectivity index (χ2n) is 5.23. The number of carbonyl (C=O) groups is 3. The highest BCUT2D eigenvalue weighted by Gasteiger charge is 2.36. The first-order valence-electron chi connectivity index (χ1n) is 6.47. The quantitative estimate of drug-likeness (QED) is 0.815. The highest BCUT2D eigenvalue weighted by molar-refractivity contribution is 6.27. The van der Waals surface area contributed by atoms with Crippen LogP contribution in [0.5, 0.6) is 0 Å². The van der Waals surface area contributed by atoms with Crippen molar-refractivity contribution in [3.63, 3.8) is 0 Å². The van der Waals surface area contributed by atoms with Gasteiger partial charge in [0.05, 0.1) is 16.7 Å². The summed E-state index contributed by atoms with van der Waals surface area (Å²) in [5, 5.41) is 10.4. The normalized spacial score (nSPS) is 14.0. The number of hydrogen-bond acceptors (Lipinski definition) is 3. The Morgan fingerprint density at radius 3 is 2.24 bits per heavy atom. The molecular formula is C16H13NO4. The van der Waals surface area contributed by atoms with Crippen LogP contribution in [0.25, 0.3) is 10.8 Å². The van der Waals surface area contributed by atoms with Crippen LogP contribution in [0, 0.1) is 13.8 Å². The molecule has 3 rings (SSSR count). The third kappa shape index (κ3) is 1.60. The third-order valence-electron chi connectivity index (χ3n) is 4.16. The Morgan fingerprint density at radius 2 is 1.62 bits per heavy atom. The van der Waals surface area contributed by atoms with Crippen molar-refractivity contribution in [3.05, 3.63) is 46.0 Å². The molecule has 0 atom stereocenters. The average molecular weight is 283 g/mol. The number of nitrogens with zero attached hydrogens (tertiary/aromatic N) is 1. The lowest BCUT2D eigenvalue weighted by molar-refractivity contribution is 0.0682. The molecule has 2 amide bonds. The lowest BCUT2D eigenvalue weighted by atomic mass is 9.90. The summed E-state index contributed by atoms with van der Waals surface area (Å²) in [6.07, 6.45) is 0. The first-order chi connectivity index (χ1) is 9.84. The summed E-state index contributed by atoms with van der Waals surface area (Å²) in [6.45, 7) is 3.62. The van der Waals surface area contributed by atoms with Crippen LogP contribution in [0.1, 0.15) is 42.2 Å². The SMILES string of the molecule is Cc1c2c(c3ccc(C(=O)O)cc3c1C)C(=O)N(C)C2=O. The molecule has 0 aromatic heterocycles. The van der Waals surface area contributed by atoms with E-state index in [0.717, 1.165) is 16.0 Å². The summed E-state index contributed by atoms with van der Waals surface area (Å²) >= 11 is 0. The van der Waals surface area contributed by atoms with Crippen molar-refractivity contribution in [1.82, 2.24) is 4.90 Å². The maximum Gasteiger partial charge on any atom is 0.335 e. The molecule has 0 saturated heterocycles. The van der Waals surface area contributed by atoms with Gasteiger partial charge in [-0.2, -0.15) is 0 Å². The minimum atomic E-state index is -1.02. The van der Waals surface area contributed by atoms with Gasteiger partial charge in [-0.3, -0.25) is 14.5 Å². The van der Waals surface area contributed by atoms with Gasteiger partial charge in [-0.1, -0.05) is 6.07 Å². The molecule has 0 radical (unpaired) electrons. The fourth-order valence-electron chi connectivity index (χ4n) is 2.83. The highest BCUT2D eigenvalue weighted by atomic mass is 16.4. The third-order valence-corrected chi connectivity index (χ3v) is 4.16. The van der Waals surface area contributed by atoms with Crippen LogP contribution in [-0.4, -0.2) is 34.8 Å². The predicted molar refractivity (Wildman–Crippen MR) is 76.8 cm³/mol. The molecule has 1 N–H and O–H groups in total. The Kier molecular flexibility index (Phi) is 2.63. The lowest BCUT2D eigenvalue weighted by Crippen LogP contribution is -2.24. The number of benzene rings is 2. The van der Waals surface area contributed by atoms with E-state index in [1.807, 2.05) is 6.92 Å². The van der Waals surface area contributed by atoms with Crippen molar-refractivity contribution in [2.75, 3.05) is 7.05 Å². The Hall–Kier alpha value is -2.69. The fraction of sp³-hybridized carbons (Fsp3) is 0.188. The summed E-state index contributed by atoms with van der Waals surface area (Å²) < 4.78 is 0. The molecule has 1 heterocycles. The number of hydrogen-bond donors (Lipinski definition) is 1. The second kappa shape index (κ2) is 4.15. The van der Waals surface area contributed by atoms with Crippen LogP contribution < -0.4 is 0 Å². The van der Waals surface area contributed by atoms with Gasteiger partial charge < -0.3 is 5.11 Å². The molecule has 106 valence electrons. The van der Waals surface area contributed by atoms with E-state index < -0.39 is 5.97 Å². The van der Waals surface area contributed by atoms with Gasteiger partial charge in [-0.05, 0) is 47.9 Å². The van der Waals surface area contributed by atoms with Gasteiger partial charge in [-0.25, -0.2) is 4.79 Å². The molecule has 0 aliphatic carbocycles. The van der Waals surface area contributed by atoms with Crippen LogP contribution >= 0.6 is 0 Å². The molecule has 5 nitrogen and oxygen atoms in total. The number of rotatable bonds is 1. The van der Waals surface area contributed by atoms with Gasteiger partial charge >= 0.3 is 5.97 Å². The Bertz CT molecular complexity index is 851.